The predicted molar refractivity (Wildman–Crippen MR) is 106 cm³/mol. The number of sulfone groups is 1. The Hall–Kier alpha value is -1.68. The molecular weight excluding hydrogens is 416 g/mol. The van der Waals surface area contributed by atoms with Gasteiger partial charge in [0.25, 0.3) is 5.91 Å². The lowest BCUT2D eigenvalue weighted by Gasteiger charge is -2.16. The van der Waals surface area contributed by atoms with E-state index in [2.05, 4.69) is 5.32 Å². The average Bonchev–Trinajstić information content (AvgIpc) is 3.03. The molecule has 2 amide bonds. The van der Waals surface area contributed by atoms with E-state index in [0.29, 0.717) is 15.5 Å². The number of carbonyl (C=O) groups is 2. The molecule has 2 aliphatic rings. The van der Waals surface area contributed by atoms with Gasteiger partial charge in [-0.1, -0.05) is 53.8 Å². The molecule has 26 heavy (non-hydrogen) atoms. The number of amides is 2. The second-order valence-electron chi connectivity index (χ2n) is 5.62. The Morgan fingerprint density at radius 2 is 2.15 bits per heavy atom. The summed E-state index contributed by atoms with van der Waals surface area (Å²) in [6.45, 7) is -0.269. The van der Waals surface area contributed by atoms with Crippen LogP contribution >= 0.6 is 35.6 Å². The van der Waals surface area contributed by atoms with Crippen LogP contribution in [-0.2, 0) is 19.4 Å². The van der Waals surface area contributed by atoms with Crippen LogP contribution < -0.4 is 5.32 Å². The normalized spacial score (nSPS) is 23.0. The second kappa shape index (κ2) is 7.51. The molecule has 0 bridgehead atoms. The molecule has 2 aliphatic heterocycles. The first-order chi connectivity index (χ1) is 12.2. The molecular formula is C16H13ClN2O4S3. The Morgan fingerprint density at radius 3 is 2.81 bits per heavy atom. The minimum absolute atomic E-state index is 0.177. The van der Waals surface area contributed by atoms with Gasteiger partial charge in [0.2, 0.25) is 5.91 Å². The van der Waals surface area contributed by atoms with E-state index in [1.807, 2.05) is 0 Å². The van der Waals surface area contributed by atoms with E-state index in [-0.39, 0.29) is 22.5 Å². The summed E-state index contributed by atoms with van der Waals surface area (Å²) in [5.74, 6) is -1.04. The minimum atomic E-state index is -3.26. The zero-order valence-electron chi connectivity index (χ0n) is 13.2. The fraction of sp³-hybridized carbons (Fsp3) is 0.188. The molecule has 2 heterocycles. The molecule has 0 spiro atoms. The second-order valence-corrected chi connectivity index (χ2v) is 9.64. The molecule has 3 rings (SSSR count). The molecule has 10 heteroatoms. The molecule has 1 saturated heterocycles. The van der Waals surface area contributed by atoms with Crippen LogP contribution in [0.25, 0.3) is 6.08 Å². The fourth-order valence-corrected chi connectivity index (χ4v) is 5.10. The van der Waals surface area contributed by atoms with E-state index in [1.54, 1.807) is 30.3 Å². The van der Waals surface area contributed by atoms with Gasteiger partial charge in [0.1, 0.15) is 10.9 Å². The van der Waals surface area contributed by atoms with Crippen molar-refractivity contribution in [1.82, 2.24) is 10.2 Å². The van der Waals surface area contributed by atoms with Gasteiger partial charge in [-0.15, -0.1) is 0 Å². The highest BCUT2D eigenvalue weighted by atomic mass is 35.5. The van der Waals surface area contributed by atoms with Gasteiger partial charge < -0.3 is 5.32 Å². The van der Waals surface area contributed by atoms with Crippen LogP contribution in [0.15, 0.2) is 40.7 Å². The first-order valence-corrected chi connectivity index (χ1v) is 10.8. The molecule has 0 saturated carbocycles. The standard InChI is InChI=1S/C16H13ClN2O4S3/c17-12-4-2-1-3-10(12)7-13-15(21)19(16(24)25-13)8-14(20)18-11-5-6-26(22,23)9-11/h1-7,11H,8-9H2,(H,18,20)/b13-7-. The van der Waals surface area contributed by atoms with Gasteiger partial charge in [0.15, 0.2) is 9.84 Å². The minimum Gasteiger partial charge on any atom is -0.347 e. The number of thiocarbonyl (C=S) groups is 1. The smallest absolute Gasteiger partial charge is 0.266 e. The molecule has 1 aromatic rings. The Labute approximate surface area is 165 Å². The summed E-state index contributed by atoms with van der Waals surface area (Å²) in [4.78, 5) is 26.2. The molecule has 1 atom stereocenters. The molecule has 0 aromatic heterocycles. The van der Waals surface area contributed by atoms with Crippen molar-refractivity contribution in [2.45, 2.75) is 6.04 Å². The summed E-state index contributed by atoms with van der Waals surface area (Å²) in [5.41, 5.74) is 0.681. The van der Waals surface area contributed by atoms with Gasteiger partial charge >= 0.3 is 0 Å². The lowest BCUT2D eigenvalue weighted by molar-refractivity contribution is -0.128. The number of nitrogens with zero attached hydrogens (tertiary/aromatic N) is 1. The number of halogens is 1. The van der Waals surface area contributed by atoms with E-state index in [1.165, 1.54) is 11.0 Å². The molecule has 1 unspecified atom stereocenters. The summed E-state index contributed by atoms with van der Waals surface area (Å²) in [6.07, 6.45) is 3.04. The number of hydrogen-bond donors (Lipinski definition) is 1. The number of thioether (sulfide) groups is 1. The van der Waals surface area contributed by atoms with Crippen molar-refractivity contribution in [3.8, 4) is 0 Å². The molecule has 1 fully saturated rings. The molecule has 0 radical (unpaired) electrons. The first kappa shape index (κ1) is 19.1. The van der Waals surface area contributed by atoms with Crippen LogP contribution in [0.4, 0.5) is 0 Å². The van der Waals surface area contributed by atoms with E-state index in [9.17, 15) is 18.0 Å². The van der Waals surface area contributed by atoms with Crippen molar-refractivity contribution < 1.29 is 18.0 Å². The van der Waals surface area contributed by atoms with Crippen molar-refractivity contribution in [1.29, 1.82) is 0 Å². The van der Waals surface area contributed by atoms with Crippen LogP contribution in [0.1, 0.15) is 5.56 Å². The van der Waals surface area contributed by atoms with Gasteiger partial charge in [-0.2, -0.15) is 0 Å². The van der Waals surface area contributed by atoms with Crippen molar-refractivity contribution in [2.24, 2.45) is 0 Å². The molecule has 1 N–H and O–H groups in total. The Morgan fingerprint density at radius 1 is 1.42 bits per heavy atom. The third-order valence-electron chi connectivity index (χ3n) is 3.64. The molecule has 136 valence electrons. The molecule has 1 aromatic carbocycles. The molecule has 6 nitrogen and oxygen atoms in total. The van der Waals surface area contributed by atoms with Crippen LogP contribution in [0.2, 0.25) is 5.02 Å². The highest BCUT2D eigenvalue weighted by Gasteiger charge is 2.34. The van der Waals surface area contributed by atoms with Gasteiger partial charge in [0.05, 0.1) is 16.7 Å². The van der Waals surface area contributed by atoms with Crippen molar-refractivity contribution in [3.05, 3.63) is 51.2 Å². The topological polar surface area (TPSA) is 83.6 Å². The third kappa shape index (κ3) is 4.35. The van der Waals surface area contributed by atoms with E-state index in [0.717, 1.165) is 17.2 Å². The van der Waals surface area contributed by atoms with E-state index in [4.69, 9.17) is 23.8 Å². The summed E-state index contributed by atoms with van der Waals surface area (Å²) in [5, 5.41) is 4.15. The highest BCUT2D eigenvalue weighted by Crippen LogP contribution is 2.33. The Kier molecular flexibility index (Phi) is 5.52. The van der Waals surface area contributed by atoms with E-state index < -0.39 is 21.8 Å². The fourth-order valence-electron chi connectivity index (χ4n) is 2.43. The van der Waals surface area contributed by atoms with Gasteiger partial charge in [0, 0.05) is 10.4 Å². The van der Waals surface area contributed by atoms with Crippen LogP contribution in [0.5, 0.6) is 0 Å². The quantitative estimate of drug-likeness (QED) is 0.583. The lowest BCUT2D eigenvalue weighted by atomic mass is 10.2. The summed E-state index contributed by atoms with van der Waals surface area (Å²) < 4.78 is 23.0. The van der Waals surface area contributed by atoms with E-state index >= 15 is 0 Å². The summed E-state index contributed by atoms with van der Waals surface area (Å²) >= 11 is 12.4. The monoisotopic (exact) mass is 428 g/mol. The zero-order valence-corrected chi connectivity index (χ0v) is 16.4. The van der Waals surface area contributed by atoms with Crippen LogP contribution in [0.3, 0.4) is 0 Å². The third-order valence-corrected chi connectivity index (χ3v) is 6.76. The lowest BCUT2D eigenvalue weighted by Crippen LogP contribution is -2.43. The number of hydrogen-bond acceptors (Lipinski definition) is 6. The summed E-state index contributed by atoms with van der Waals surface area (Å²) in [7, 11) is -3.26. The zero-order chi connectivity index (χ0) is 18.9. The SMILES string of the molecule is O=C(CN1C(=O)/C(=C/c2ccccc2Cl)SC1=S)NC1C=CS(=O)(=O)C1. The van der Waals surface area contributed by atoms with Crippen LogP contribution in [0, 0.1) is 0 Å². The van der Waals surface area contributed by atoms with Crippen molar-refractivity contribution in [3.63, 3.8) is 0 Å². The average molecular weight is 429 g/mol. The number of nitrogens with one attached hydrogen (secondary N) is 1. The number of benzene rings is 1. The highest BCUT2D eigenvalue weighted by molar-refractivity contribution is 8.26. The Bertz CT molecular complexity index is 956. The van der Waals surface area contributed by atoms with Gasteiger partial charge in [-0.25, -0.2) is 8.42 Å². The number of rotatable bonds is 4. The largest absolute Gasteiger partial charge is 0.347 e. The first-order valence-electron chi connectivity index (χ1n) is 7.45. The maximum Gasteiger partial charge on any atom is 0.266 e. The van der Waals surface area contributed by atoms with Crippen LogP contribution in [-0.4, -0.2) is 47.8 Å². The van der Waals surface area contributed by atoms with Gasteiger partial charge in [-0.3, -0.25) is 14.5 Å². The maximum atomic E-state index is 12.5. The Balaban J connectivity index is 1.67. The number of carbonyl (C=O) groups excluding carboxylic acids is 2. The summed E-state index contributed by atoms with van der Waals surface area (Å²) in [6, 6.07) is 6.48. The molecule has 0 aliphatic carbocycles. The predicted octanol–water partition coefficient (Wildman–Crippen LogP) is 1.97. The van der Waals surface area contributed by atoms with Gasteiger partial charge in [-0.05, 0) is 23.8 Å². The van der Waals surface area contributed by atoms with Crippen molar-refractivity contribution >= 4 is 67.6 Å². The maximum absolute atomic E-state index is 12.5. The van der Waals surface area contributed by atoms with Crippen molar-refractivity contribution in [2.75, 3.05) is 12.3 Å².